The van der Waals surface area contributed by atoms with Gasteiger partial charge in [0.05, 0.1) is 26.2 Å². The van der Waals surface area contributed by atoms with Gasteiger partial charge in [-0.1, -0.05) is 37.3 Å². The van der Waals surface area contributed by atoms with E-state index in [0.717, 1.165) is 22.9 Å². The minimum absolute atomic E-state index is 0.0285. The number of quaternary nitrogens is 1. The highest BCUT2D eigenvalue weighted by Gasteiger charge is 2.50. The van der Waals surface area contributed by atoms with E-state index in [-0.39, 0.29) is 24.6 Å². The van der Waals surface area contributed by atoms with Crippen molar-refractivity contribution < 1.29 is 23.5 Å². The Morgan fingerprint density at radius 1 is 1.12 bits per heavy atom. The van der Waals surface area contributed by atoms with Gasteiger partial charge in [-0.2, -0.15) is 0 Å². The highest BCUT2D eigenvalue weighted by molar-refractivity contribution is 5.79. The minimum atomic E-state index is -0.561. The summed E-state index contributed by atoms with van der Waals surface area (Å²) in [7, 11) is 4.58. The first-order valence-corrected chi connectivity index (χ1v) is 9.66. The Kier molecular flexibility index (Phi) is 5.66. The molecule has 3 unspecified atom stereocenters. The number of rotatable bonds is 6. The van der Waals surface area contributed by atoms with Gasteiger partial charge in [-0.15, -0.1) is 0 Å². The molecule has 26 heavy (non-hydrogen) atoms. The highest BCUT2D eigenvalue weighted by Crippen LogP contribution is 2.40. The monoisotopic (exact) mass is 360 g/mol. The molecule has 2 saturated heterocycles. The number of esters is 2. The largest absolute Gasteiger partial charge is 0.464 e. The van der Waals surface area contributed by atoms with Crippen LogP contribution in [0.5, 0.6) is 0 Å². The fourth-order valence-electron chi connectivity index (χ4n) is 4.44. The van der Waals surface area contributed by atoms with Gasteiger partial charge in [-0.05, 0) is 5.56 Å². The summed E-state index contributed by atoms with van der Waals surface area (Å²) in [5.74, 6) is -1.14. The van der Waals surface area contributed by atoms with Crippen molar-refractivity contribution in [2.75, 3.05) is 20.7 Å². The third-order valence-corrected chi connectivity index (χ3v) is 6.25. The molecular weight excluding hydrogens is 330 g/mol. The number of nitrogens with zero attached hydrogens (tertiary/aromatic N) is 1. The molecule has 0 saturated carbocycles. The van der Waals surface area contributed by atoms with E-state index >= 15 is 0 Å². The van der Waals surface area contributed by atoms with Gasteiger partial charge < -0.3 is 14.0 Å². The SMILES string of the molecule is CCC(=O)OCC(C(=O)OC1CC2CCC(C1)[N+]2(C)C)c1ccccc1. The summed E-state index contributed by atoms with van der Waals surface area (Å²) in [6, 6.07) is 10.6. The molecule has 142 valence electrons. The van der Waals surface area contributed by atoms with E-state index in [2.05, 4.69) is 14.1 Å². The van der Waals surface area contributed by atoms with Crippen LogP contribution >= 0.6 is 0 Å². The number of benzene rings is 1. The van der Waals surface area contributed by atoms with Crippen molar-refractivity contribution in [1.29, 1.82) is 0 Å². The Morgan fingerprint density at radius 2 is 1.73 bits per heavy atom. The lowest BCUT2D eigenvalue weighted by atomic mass is 9.96. The number of hydrogen-bond donors (Lipinski definition) is 0. The highest BCUT2D eigenvalue weighted by atomic mass is 16.6. The van der Waals surface area contributed by atoms with E-state index in [1.165, 1.54) is 12.8 Å². The van der Waals surface area contributed by atoms with Gasteiger partial charge in [0.15, 0.2) is 0 Å². The summed E-state index contributed by atoms with van der Waals surface area (Å²) in [6.45, 7) is 1.78. The van der Waals surface area contributed by atoms with Crippen LogP contribution in [0, 0.1) is 0 Å². The van der Waals surface area contributed by atoms with Crippen LogP contribution < -0.4 is 0 Å². The molecule has 1 aromatic carbocycles. The molecule has 0 aliphatic carbocycles. The van der Waals surface area contributed by atoms with Crippen molar-refractivity contribution in [3.63, 3.8) is 0 Å². The molecule has 5 nitrogen and oxygen atoms in total. The number of carbonyl (C=O) groups is 2. The van der Waals surface area contributed by atoms with Gasteiger partial charge in [-0.25, -0.2) is 0 Å². The van der Waals surface area contributed by atoms with Crippen LogP contribution in [0.1, 0.15) is 50.5 Å². The number of piperidine rings is 1. The number of hydrogen-bond acceptors (Lipinski definition) is 4. The Bertz CT molecular complexity index is 627. The molecule has 2 heterocycles. The molecule has 2 bridgehead atoms. The lowest BCUT2D eigenvalue weighted by Gasteiger charge is -2.44. The van der Waals surface area contributed by atoms with Gasteiger partial charge >= 0.3 is 11.9 Å². The zero-order valence-corrected chi connectivity index (χ0v) is 16.0. The summed E-state index contributed by atoms with van der Waals surface area (Å²) in [4.78, 5) is 24.4. The molecule has 2 aliphatic heterocycles. The Balaban J connectivity index is 1.67. The van der Waals surface area contributed by atoms with Crippen LogP contribution in [0.15, 0.2) is 30.3 Å². The summed E-state index contributed by atoms with van der Waals surface area (Å²) >= 11 is 0. The van der Waals surface area contributed by atoms with E-state index in [1.807, 2.05) is 30.3 Å². The molecule has 2 fully saturated rings. The second-order valence-corrected chi connectivity index (χ2v) is 8.04. The molecule has 3 rings (SSSR count). The number of carbonyl (C=O) groups excluding carboxylic acids is 2. The van der Waals surface area contributed by atoms with Crippen molar-refractivity contribution >= 4 is 11.9 Å². The molecule has 2 aliphatic rings. The molecule has 0 N–H and O–H groups in total. The van der Waals surface area contributed by atoms with Gasteiger partial charge in [0.25, 0.3) is 0 Å². The second-order valence-electron chi connectivity index (χ2n) is 8.04. The first-order valence-electron chi connectivity index (χ1n) is 9.66. The van der Waals surface area contributed by atoms with Gasteiger partial charge in [0.1, 0.15) is 18.6 Å². The smallest absolute Gasteiger partial charge is 0.317 e. The van der Waals surface area contributed by atoms with Crippen molar-refractivity contribution in [3.05, 3.63) is 35.9 Å². The minimum Gasteiger partial charge on any atom is -0.464 e. The topological polar surface area (TPSA) is 52.6 Å². The first-order chi connectivity index (χ1) is 12.4. The van der Waals surface area contributed by atoms with E-state index in [4.69, 9.17) is 9.47 Å². The fourth-order valence-corrected chi connectivity index (χ4v) is 4.44. The van der Waals surface area contributed by atoms with Crippen LogP contribution in [0.4, 0.5) is 0 Å². The standard InChI is InChI=1S/C21H30NO4/c1-4-20(23)25-14-19(15-8-6-5-7-9-15)21(24)26-18-12-16-10-11-17(13-18)22(16,2)3/h5-9,16-19H,4,10-14H2,1-3H3/q+1. The van der Waals surface area contributed by atoms with E-state index in [0.29, 0.717) is 18.5 Å². The van der Waals surface area contributed by atoms with Crippen molar-refractivity contribution in [2.24, 2.45) is 0 Å². The van der Waals surface area contributed by atoms with Crippen LogP contribution in [0.2, 0.25) is 0 Å². The number of fused-ring (bicyclic) bond motifs is 2. The molecule has 0 radical (unpaired) electrons. The van der Waals surface area contributed by atoms with Crippen LogP contribution in [-0.4, -0.2) is 55.3 Å². The zero-order chi connectivity index (χ0) is 18.7. The molecule has 0 amide bonds. The molecule has 5 heteroatoms. The summed E-state index contributed by atoms with van der Waals surface area (Å²) in [5.41, 5.74) is 0.830. The normalized spacial score (nSPS) is 27.6. The fraction of sp³-hybridized carbons (Fsp3) is 0.619. The van der Waals surface area contributed by atoms with Crippen LogP contribution in [0.25, 0.3) is 0 Å². The average molecular weight is 360 g/mol. The van der Waals surface area contributed by atoms with E-state index in [9.17, 15) is 9.59 Å². The van der Waals surface area contributed by atoms with Crippen LogP contribution in [-0.2, 0) is 19.1 Å². The molecule has 0 aromatic heterocycles. The van der Waals surface area contributed by atoms with Gasteiger partial charge in [-0.3, -0.25) is 9.59 Å². The predicted octanol–water partition coefficient (Wildman–Crippen LogP) is 3.04. The number of ether oxygens (including phenoxy) is 2. The van der Waals surface area contributed by atoms with E-state index < -0.39 is 5.92 Å². The molecule has 3 atom stereocenters. The third-order valence-electron chi connectivity index (χ3n) is 6.25. The summed E-state index contributed by atoms with van der Waals surface area (Å²) in [5, 5.41) is 0. The summed E-state index contributed by atoms with van der Waals surface area (Å²) < 4.78 is 12.2. The second kappa shape index (κ2) is 7.78. The quantitative estimate of drug-likeness (QED) is 0.578. The first kappa shape index (κ1) is 18.9. The molecular formula is C21H30NO4+. The van der Waals surface area contributed by atoms with Crippen LogP contribution in [0.3, 0.4) is 0 Å². The maximum atomic E-state index is 12.9. The Labute approximate surface area is 155 Å². The average Bonchev–Trinajstić information content (AvgIpc) is 2.79. The van der Waals surface area contributed by atoms with Crippen molar-refractivity contribution in [1.82, 2.24) is 0 Å². The maximum absolute atomic E-state index is 12.9. The van der Waals surface area contributed by atoms with E-state index in [1.54, 1.807) is 6.92 Å². The maximum Gasteiger partial charge on any atom is 0.317 e. The van der Waals surface area contributed by atoms with Gasteiger partial charge in [0, 0.05) is 32.1 Å². The van der Waals surface area contributed by atoms with Crippen molar-refractivity contribution in [2.45, 2.75) is 63.1 Å². The molecule has 1 aromatic rings. The zero-order valence-electron chi connectivity index (χ0n) is 16.0. The van der Waals surface area contributed by atoms with Crippen molar-refractivity contribution in [3.8, 4) is 0 Å². The Hall–Kier alpha value is -1.88. The predicted molar refractivity (Wildman–Crippen MR) is 98.5 cm³/mol. The lowest BCUT2D eigenvalue weighted by Crippen LogP contribution is -2.56. The molecule has 0 spiro atoms. The summed E-state index contributed by atoms with van der Waals surface area (Å²) in [6.07, 6.45) is 4.54. The third kappa shape index (κ3) is 3.93. The lowest BCUT2D eigenvalue weighted by molar-refractivity contribution is -0.931. The van der Waals surface area contributed by atoms with Gasteiger partial charge in [0.2, 0.25) is 0 Å². The Morgan fingerprint density at radius 3 is 2.31 bits per heavy atom.